The fourth-order valence-corrected chi connectivity index (χ4v) is 1.30. The van der Waals surface area contributed by atoms with Gasteiger partial charge in [-0.2, -0.15) is 0 Å². The molecule has 0 aliphatic rings. The highest BCUT2D eigenvalue weighted by Gasteiger charge is 2.10. The monoisotopic (exact) mass is 293 g/mol. The second-order valence-corrected chi connectivity index (χ2v) is 4.22. The molecule has 7 heteroatoms. The van der Waals surface area contributed by atoms with Gasteiger partial charge >= 0.3 is 0 Å². The molecule has 0 aromatic carbocycles. The van der Waals surface area contributed by atoms with Crippen molar-refractivity contribution in [2.45, 2.75) is 6.54 Å². The Morgan fingerprint density at radius 3 is 2.80 bits per heavy atom. The average molecular weight is 295 g/mol. The molecule has 0 spiro atoms. The average Bonchev–Trinajstić information content (AvgIpc) is 2.18. The Morgan fingerprint density at radius 2 is 2.27 bits per heavy atom. The van der Waals surface area contributed by atoms with E-state index in [0.29, 0.717) is 0 Å². The van der Waals surface area contributed by atoms with E-state index in [1.165, 1.54) is 15.8 Å². The van der Waals surface area contributed by atoms with Crippen molar-refractivity contribution >= 4 is 33.4 Å². The van der Waals surface area contributed by atoms with Gasteiger partial charge in [-0.05, 0) is 15.9 Å². The van der Waals surface area contributed by atoms with Crippen LogP contribution in [0.5, 0.6) is 0 Å². The van der Waals surface area contributed by atoms with E-state index >= 15 is 0 Å². The molecule has 0 saturated heterocycles. The standard InChI is InChI=1S/C8H9BrClN3O2/c1-12(2)5(14)3-13-4-11-7(10)6(9)8(13)15/h4H,3H2,1-2H3. The Kier molecular flexibility index (Phi) is 3.87. The summed E-state index contributed by atoms with van der Waals surface area (Å²) in [6, 6.07) is 0. The summed E-state index contributed by atoms with van der Waals surface area (Å²) in [6.07, 6.45) is 1.25. The summed E-state index contributed by atoms with van der Waals surface area (Å²) in [7, 11) is 3.23. The molecule has 1 aromatic rings. The van der Waals surface area contributed by atoms with E-state index in [2.05, 4.69) is 20.9 Å². The van der Waals surface area contributed by atoms with Crippen LogP contribution in [-0.2, 0) is 11.3 Å². The van der Waals surface area contributed by atoms with Crippen molar-refractivity contribution in [1.29, 1.82) is 0 Å². The van der Waals surface area contributed by atoms with Gasteiger partial charge in [0.2, 0.25) is 5.91 Å². The molecule has 5 nitrogen and oxygen atoms in total. The Labute approximate surface area is 99.8 Å². The van der Waals surface area contributed by atoms with Crippen LogP contribution in [0.4, 0.5) is 0 Å². The van der Waals surface area contributed by atoms with E-state index < -0.39 is 0 Å². The lowest BCUT2D eigenvalue weighted by Gasteiger charge is -2.11. The third-order valence-electron chi connectivity index (χ3n) is 1.74. The van der Waals surface area contributed by atoms with Crippen molar-refractivity contribution in [1.82, 2.24) is 14.5 Å². The first-order chi connectivity index (χ1) is 6.93. The number of rotatable bonds is 2. The number of nitrogens with zero attached hydrogens (tertiary/aromatic N) is 3. The quantitative estimate of drug-likeness (QED) is 0.756. The molecule has 0 aliphatic carbocycles. The summed E-state index contributed by atoms with van der Waals surface area (Å²) >= 11 is 8.62. The number of halogens is 2. The molecule has 1 amide bonds. The molecule has 0 aliphatic heterocycles. The largest absolute Gasteiger partial charge is 0.347 e. The van der Waals surface area contributed by atoms with Crippen molar-refractivity contribution in [3.8, 4) is 0 Å². The van der Waals surface area contributed by atoms with E-state index in [-0.39, 0.29) is 27.6 Å². The van der Waals surface area contributed by atoms with Gasteiger partial charge in [0.15, 0.2) is 5.15 Å². The highest BCUT2D eigenvalue weighted by molar-refractivity contribution is 9.10. The zero-order valence-corrected chi connectivity index (χ0v) is 10.5. The Morgan fingerprint density at radius 1 is 1.67 bits per heavy atom. The summed E-state index contributed by atoms with van der Waals surface area (Å²) < 4.78 is 1.36. The van der Waals surface area contributed by atoms with E-state index in [4.69, 9.17) is 11.6 Å². The number of aromatic nitrogens is 2. The molecule has 0 N–H and O–H groups in total. The van der Waals surface area contributed by atoms with Gasteiger partial charge in [-0.25, -0.2) is 4.98 Å². The highest BCUT2D eigenvalue weighted by Crippen LogP contribution is 2.13. The van der Waals surface area contributed by atoms with Crippen LogP contribution in [0.15, 0.2) is 15.6 Å². The van der Waals surface area contributed by atoms with E-state index in [0.717, 1.165) is 0 Å². The number of carbonyl (C=O) groups excluding carboxylic acids is 1. The first-order valence-corrected chi connectivity index (χ1v) is 5.21. The van der Waals surface area contributed by atoms with E-state index in [1.807, 2.05) is 0 Å². The van der Waals surface area contributed by atoms with Crippen molar-refractivity contribution in [3.05, 3.63) is 26.3 Å². The molecular weight excluding hydrogens is 285 g/mol. The maximum Gasteiger partial charge on any atom is 0.269 e. The molecule has 1 rings (SSSR count). The number of hydrogen-bond donors (Lipinski definition) is 0. The summed E-state index contributed by atoms with van der Waals surface area (Å²) in [5.74, 6) is -0.187. The number of likely N-dealkylation sites (N-methyl/N-ethyl adjacent to an activating group) is 1. The lowest BCUT2D eigenvalue weighted by Crippen LogP contribution is -2.32. The highest BCUT2D eigenvalue weighted by atomic mass is 79.9. The Hall–Kier alpha value is -0.880. The molecule has 1 aromatic heterocycles. The molecule has 0 fully saturated rings. The van der Waals surface area contributed by atoms with E-state index in [9.17, 15) is 9.59 Å². The van der Waals surface area contributed by atoms with Gasteiger partial charge in [-0.1, -0.05) is 11.6 Å². The molecule has 15 heavy (non-hydrogen) atoms. The smallest absolute Gasteiger partial charge is 0.269 e. The summed E-state index contributed by atoms with van der Waals surface area (Å²) in [4.78, 5) is 28.1. The number of hydrogen-bond acceptors (Lipinski definition) is 3. The minimum absolute atomic E-state index is 0.0470. The fourth-order valence-electron chi connectivity index (χ4n) is 0.844. The lowest BCUT2D eigenvalue weighted by molar-refractivity contribution is -0.129. The van der Waals surface area contributed by atoms with Crippen molar-refractivity contribution in [3.63, 3.8) is 0 Å². The molecule has 0 unspecified atom stereocenters. The molecule has 82 valence electrons. The number of carbonyl (C=O) groups is 1. The van der Waals surface area contributed by atoms with Crippen LogP contribution in [0.2, 0.25) is 5.15 Å². The molecule has 0 atom stereocenters. The van der Waals surface area contributed by atoms with Gasteiger partial charge in [0.05, 0.1) is 6.33 Å². The minimum atomic E-state index is -0.370. The minimum Gasteiger partial charge on any atom is -0.347 e. The Bertz CT molecular complexity index is 444. The van der Waals surface area contributed by atoms with E-state index in [1.54, 1.807) is 14.1 Å². The van der Waals surface area contributed by atoms with Crippen LogP contribution in [0.3, 0.4) is 0 Å². The van der Waals surface area contributed by atoms with Crippen molar-refractivity contribution in [2.24, 2.45) is 0 Å². The third-order valence-corrected chi connectivity index (χ3v) is 2.97. The van der Waals surface area contributed by atoms with Gasteiger partial charge in [0.1, 0.15) is 11.0 Å². The van der Waals surface area contributed by atoms with Crippen LogP contribution < -0.4 is 5.56 Å². The zero-order chi connectivity index (χ0) is 11.6. The van der Waals surface area contributed by atoms with Crippen LogP contribution in [0, 0.1) is 0 Å². The van der Waals surface area contributed by atoms with Gasteiger partial charge in [-0.15, -0.1) is 0 Å². The summed E-state index contributed by atoms with van der Waals surface area (Å²) in [6.45, 7) is -0.0470. The molecule has 0 radical (unpaired) electrons. The molecule has 0 bridgehead atoms. The number of amides is 1. The van der Waals surface area contributed by atoms with Crippen LogP contribution in [-0.4, -0.2) is 34.5 Å². The van der Waals surface area contributed by atoms with Crippen LogP contribution >= 0.6 is 27.5 Å². The molecular formula is C8H9BrClN3O2. The maximum absolute atomic E-state index is 11.6. The van der Waals surface area contributed by atoms with Gasteiger partial charge in [-0.3, -0.25) is 14.2 Å². The lowest BCUT2D eigenvalue weighted by atomic mass is 10.5. The van der Waals surface area contributed by atoms with Gasteiger partial charge < -0.3 is 4.90 Å². The van der Waals surface area contributed by atoms with Crippen LogP contribution in [0.25, 0.3) is 0 Å². The first kappa shape index (κ1) is 12.2. The fraction of sp³-hybridized carbons (Fsp3) is 0.375. The topological polar surface area (TPSA) is 55.2 Å². The Balaban J connectivity index is 3.03. The van der Waals surface area contributed by atoms with Gasteiger partial charge in [0.25, 0.3) is 5.56 Å². The van der Waals surface area contributed by atoms with Gasteiger partial charge in [0, 0.05) is 14.1 Å². The SMILES string of the molecule is CN(C)C(=O)Cn1cnc(Cl)c(Br)c1=O. The third kappa shape index (κ3) is 2.79. The summed E-state index contributed by atoms with van der Waals surface area (Å²) in [5, 5.41) is 0.0913. The molecule has 1 heterocycles. The maximum atomic E-state index is 11.6. The van der Waals surface area contributed by atoms with Crippen molar-refractivity contribution in [2.75, 3.05) is 14.1 Å². The van der Waals surface area contributed by atoms with Crippen molar-refractivity contribution < 1.29 is 4.79 Å². The predicted octanol–water partition coefficient (Wildman–Crippen LogP) is 0.747. The summed E-state index contributed by atoms with van der Waals surface area (Å²) in [5.41, 5.74) is -0.370. The van der Waals surface area contributed by atoms with Crippen LogP contribution in [0.1, 0.15) is 0 Å². The zero-order valence-electron chi connectivity index (χ0n) is 8.20. The second kappa shape index (κ2) is 4.76. The normalized spacial score (nSPS) is 10.1. The second-order valence-electron chi connectivity index (χ2n) is 3.07. The predicted molar refractivity (Wildman–Crippen MR) is 59.9 cm³/mol. The molecule has 0 saturated carbocycles. The first-order valence-electron chi connectivity index (χ1n) is 4.04.